The molecule has 4 aromatic rings. The summed E-state index contributed by atoms with van der Waals surface area (Å²) in [5, 5.41) is 7.69. The smallest absolute Gasteiger partial charge is 0.414 e. The molecule has 3 amide bonds. The fourth-order valence-electron chi connectivity index (χ4n) is 4.60. The first-order chi connectivity index (χ1) is 20.2. The van der Waals surface area contributed by atoms with Crippen LogP contribution in [0.15, 0.2) is 78.4 Å². The number of benzene rings is 2. The number of nitrogens with one attached hydrogen (secondary N) is 2. The molecule has 9 nitrogen and oxygen atoms in total. The minimum absolute atomic E-state index is 0.128. The van der Waals surface area contributed by atoms with Crippen LogP contribution in [0.2, 0.25) is 0 Å². The number of pyridine rings is 1. The molecule has 3 heterocycles. The van der Waals surface area contributed by atoms with E-state index in [1.165, 1.54) is 0 Å². The molecule has 42 heavy (non-hydrogen) atoms. The van der Waals surface area contributed by atoms with Crippen LogP contribution in [0.3, 0.4) is 0 Å². The van der Waals surface area contributed by atoms with E-state index >= 15 is 0 Å². The van der Waals surface area contributed by atoms with Gasteiger partial charge in [0.2, 0.25) is 0 Å². The third-order valence-electron chi connectivity index (χ3n) is 6.47. The number of aromatic nitrogens is 1. The van der Waals surface area contributed by atoms with E-state index in [2.05, 4.69) is 15.6 Å². The number of carbonyl (C=O) groups excluding carboxylic acids is 3. The number of rotatable bonds is 6. The van der Waals surface area contributed by atoms with Gasteiger partial charge in [0.05, 0.1) is 17.1 Å². The lowest BCUT2D eigenvalue weighted by Crippen LogP contribution is -2.36. The quantitative estimate of drug-likeness (QED) is 0.243. The first-order valence-electron chi connectivity index (χ1n) is 13.6. The van der Waals surface area contributed by atoms with Gasteiger partial charge in [-0.2, -0.15) is 0 Å². The molecule has 0 atom stereocenters. The molecule has 2 N–H and O–H groups in total. The molecule has 0 aliphatic carbocycles. The monoisotopic (exact) mass is 584 g/mol. The summed E-state index contributed by atoms with van der Waals surface area (Å²) in [6.07, 6.45) is 3.73. The second kappa shape index (κ2) is 12.4. The summed E-state index contributed by atoms with van der Waals surface area (Å²) in [6.45, 7) is 6.01. The van der Waals surface area contributed by atoms with Gasteiger partial charge in [0.1, 0.15) is 12.2 Å². The van der Waals surface area contributed by atoms with Crippen LogP contribution in [-0.4, -0.2) is 35.2 Å². The summed E-state index contributed by atoms with van der Waals surface area (Å²) < 4.78 is 10.9. The maximum atomic E-state index is 13.5. The number of thiophene rings is 1. The highest BCUT2D eigenvalue weighted by molar-refractivity contribution is 7.13. The van der Waals surface area contributed by atoms with E-state index in [9.17, 15) is 14.4 Å². The van der Waals surface area contributed by atoms with Crippen LogP contribution in [0.25, 0.3) is 10.4 Å². The predicted octanol–water partition coefficient (Wildman–Crippen LogP) is 7.50. The average molecular weight is 585 g/mol. The molecular weight excluding hydrogens is 552 g/mol. The van der Waals surface area contributed by atoms with Crippen LogP contribution in [0, 0.1) is 0 Å². The minimum atomic E-state index is -0.674. The van der Waals surface area contributed by atoms with Crippen molar-refractivity contribution < 1.29 is 23.9 Å². The Hall–Kier alpha value is -4.70. The molecule has 0 saturated heterocycles. The largest absolute Gasteiger partial charge is 0.444 e. The van der Waals surface area contributed by atoms with E-state index in [1.54, 1.807) is 79.7 Å². The fraction of sp³-hybridized carbons (Fsp3) is 0.250. The van der Waals surface area contributed by atoms with Gasteiger partial charge in [-0.15, -0.1) is 11.3 Å². The van der Waals surface area contributed by atoms with Crippen molar-refractivity contribution in [3.05, 3.63) is 95.1 Å². The Labute approximate surface area is 248 Å². The number of anilines is 3. The van der Waals surface area contributed by atoms with Crippen LogP contribution in [-0.2, 0) is 22.5 Å². The van der Waals surface area contributed by atoms with Crippen molar-refractivity contribution >= 4 is 46.5 Å². The van der Waals surface area contributed by atoms with Gasteiger partial charge >= 0.3 is 12.2 Å². The number of fused-ring (bicyclic) bond motifs is 1. The Bertz CT molecular complexity index is 1580. The summed E-state index contributed by atoms with van der Waals surface area (Å²) in [5.41, 5.74) is 3.93. The zero-order valence-corrected chi connectivity index (χ0v) is 24.5. The summed E-state index contributed by atoms with van der Waals surface area (Å²) in [5.74, 6) is -0.343. The van der Waals surface area contributed by atoms with E-state index in [0.717, 1.165) is 40.1 Å². The van der Waals surface area contributed by atoms with Crippen LogP contribution in [0.5, 0.6) is 0 Å². The van der Waals surface area contributed by atoms with Crippen LogP contribution >= 0.6 is 11.3 Å². The molecule has 0 unspecified atom stereocenters. The van der Waals surface area contributed by atoms with Gasteiger partial charge in [0, 0.05) is 34.9 Å². The molecule has 2 aromatic heterocycles. The summed E-state index contributed by atoms with van der Waals surface area (Å²) in [6, 6.07) is 18.3. The zero-order chi connectivity index (χ0) is 29.7. The molecule has 0 radical (unpaired) electrons. The standard InChI is InChI=1S/C32H32N4O5S/c1-32(2,3)41-30(38)35-25-12-10-23(28-9-6-16-42-28)18-26(25)34-29(37)24-11-13-27-22(17-24)8-5-15-36(27)31(39)40-20-21-7-4-14-33-19-21/h4,6-7,9-14,16-19H,5,8,15,20H2,1-3H3,(H,34,37)(H,35,38). The number of hydrogen-bond donors (Lipinski definition) is 2. The van der Waals surface area contributed by atoms with Gasteiger partial charge < -0.3 is 14.8 Å². The van der Waals surface area contributed by atoms with Crippen molar-refractivity contribution in [2.75, 3.05) is 22.1 Å². The number of ether oxygens (including phenoxy) is 2. The first-order valence-corrected chi connectivity index (χ1v) is 14.5. The molecule has 1 aliphatic rings. The van der Waals surface area contributed by atoms with E-state index in [1.807, 2.05) is 35.7 Å². The number of amides is 3. The summed E-state index contributed by atoms with van der Waals surface area (Å²) >= 11 is 1.58. The molecule has 1 aliphatic heterocycles. The van der Waals surface area contributed by atoms with E-state index in [4.69, 9.17) is 9.47 Å². The van der Waals surface area contributed by atoms with Crippen molar-refractivity contribution in [3.8, 4) is 10.4 Å². The molecule has 10 heteroatoms. The molecular formula is C32H32N4O5S. The Morgan fingerprint density at radius 2 is 1.86 bits per heavy atom. The summed E-state index contributed by atoms with van der Waals surface area (Å²) in [7, 11) is 0. The normalized spacial score (nSPS) is 12.7. The molecule has 216 valence electrons. The van der Waals surface area contributed by atoms with E-state index in [-0.39, 0.29) is 12.5 Å². The highest BCUT2D eigenvalue weighted by atomic mass is 32.1. The van der Waals surface area contributed by atoms with Gasteiger partial charge in [0.15, 0.2) is 0 Å². The van der Waals surface area contributed by atoms with Crippen molar-refractivity contribution in [2.24, 2.45) is 0 Å². The molecule has 0 fully saturated rings. The number of hydrogen-bond acceptors (Lipinski definition) is 7. The zero-order valence-electron chi connectivity index (χ0n) is 23.7. The first kappa shape index (κ1) is 28.8. The second-order valence-electron chi connectivity index (χ2n) is 10.8. The Balaban J connectivity index is 1.34. The number of aryl methyl sites for hydroxylation is 1. The molecule has 0 spiro atoms. The van der Waals surface area contributed by atoms with Crippen LogP contribution in [0.4, 0.5) is 26.7 Å². The maximum absolute atomic E-state index is 13.5. The van der Waals surface area contributed by atoms with Gasteiger partial charge in [-0.05, 0) is 92.6 Å². The van der Waals surface area contributed by atoms with E-state index in [0.29, 0.717) is 23.5 Å². The third kappa shape index (κ3) is 7.13. The highest BCUT2D eigenvalue weighted by Gasteiger charge is 2.25. The van der Waals surface area contributed by atoms with Crippen molar-refractivity contribution in [2.45, 2.75) is 45.8 Å². The number of nitrogens with zero attached hydrogens (tertiary/aromatic N) is 2. The molecule has 2 aromatic carbocycles. The van der Waals surface area contributed by atoms with Gasteiger partial charge in [-0.25, -0.2) is 9.59 Å². The van der Waals surface area contributed by atoms with Gasteiger partial charge in [0.25, 0.3) is 5.91 Å². The van der Waals surface area contributed by atoms with Crippen molar-refractivity contribution in [3.63, 3.8) is 0 Å². The minimum Gasteiger partial charge on any atom is -0.444 e. The van der Waals surface area contributed by atoms with Gasteiger partial charge in [-0.3, -0.25) is 20.0 Å². The predicted molar refractivity (Wildman–Crippen MR) is 164 cm³/mol. The fourth-order valence-corrected chi connectivity index (χ4v) is 5.32. The lowest BCUT2D eigenvalue weighted by Gasteiger charge is -2.29. The van der Waals surface area contributed by atoms with Crippen molar-refractivity contribution in [1.29, 1.82) is 0 Å². The van der Waals surface area contributed by atoms with E-state index < -0.39 is 17.8 Å². The lowest BCUT2D eigenvalue weighted by atomic mass is 9.99. The Kier molecular flexibility index (Phi) is 8.53. The average Bonchev–Trinajstić information content (AvgIpc) is 3.51. The maximum Gasteiger partial charge on any atom is 0.414 e. The summed E-state index contributed by atoms with van der Waals surface area (Å²) in [4.78, 5) is 45.6. The highest BCUT2D eigenvalue weighted by Crippen LogP contribution is 2.33. The lowest BCUT2D eigenvalue weighted by molar-refractivity contribution is 0.0635. The number of carbonyl (C=O) groups is 3. The molecule has 5 rings (SSSR count). The molecule has 0 saturated carbocycles. The SMILES string of the molecule is CC(C)(C)OC(=O)Nc1ccc(-c2cccs2)cc1NC(=O)c1ccc2c(c1)CCCN2C(=O)OCc1cccnc1. The molecule has 0 bridgehead atoms. The Morgan fingerprint density at radius 1 is 1.00 bits per heavy atom. The van der Waals surface area contributed by atoms with Crippen molar-refractivity contribution in [1.82, 2.24) is 4.98 Å². The second-order valence-corrected chi connectivity index (χ2v) is 11.8. The van der Waals surface area contributed by atoms with Gasteiger partial charge in [-0.1, -0.05) is 18.2 Å². The van der Waals surface area contributed by atoms with Crippen LogP contribution in [0.1, 0.15) is 48.7 Å². The van der Waals surface area contributed by atoms with Crippen LogP contribution < -0.4 is 15.5 Å². The third-order valence-corrected chi connectivity index (χ3v) is 7.39. The Morgan fingerprint density at radius 3 is 2.60 bits per heavy atom. The topological polar surface area (TPSA) is 110 Å².